The third-order valence-electron chi connectivity index (χ3n) is 2.67. The van der Waals surface area contributed by atoms with Crippen LogP contribution < -0.4 is 5.32 Å². The molecule has 0 aliphatic heterocycles. The lowest BCUT2D eigenvalue weighted by Gasteiger charge is -2.17. The number of rotatable bonds is 8. The van der Waals surface area contributed by atoms with E-state index in [1.165, 1.54) is 5.56 Å². The van der Waals surface area contributed by atoms with Crippen LogP contribution >= 0.6 is 0 Å². The van der Waals surface area contributed by atoms with Crippen molar-refractivity contribution in [2.45, 2.75) is 13.0 Å². The number of nitrogens with one attached hydrogen (secondary N) is 1. The third-order valence-corrected chi connectivity index (χ3v) is 2.67. The van der Waals surface area contributed by atoms with Gasteiger partial charge in [-0.2, -0.15) is 0 Å². The smallest absolute Gasteiger partial charge is 0.193 e. The summed E-state index contributed by atoms with van der Waals surface area (Å²) in [5.74, 6) is 0.876. The number of hydrogen-bond donors (Lipinski definition) is 1. The molecule has 1 N–H and O–H groups in total. The molecule has 0 spiro atoms. The third kappa shape index (κ3) is 6.95. The predicted molar refractivity (Wildman–Crippen MR) is 84.9 cm³/mol. The van der Waals surface area contributed by atoms with Gasteiger partial charge in [-0.3, -0.25) is 0 Å². The molecule has 110 valence electrons. The number of hydrogen-bond acceptors (Lipinski definition) is 2. The highest BCUT2D eigenvalue weighted by molar-refractivity contribution is 5.79. The second-order valence-corrected chi connectivity index (χ2v) is 4.64. The molecule has 4 heteroatoms. The average Bonchev–Trinajstić information content (AvgIpc) is 2.46. The average molecular weight is 275 g/mol. The lowest BCUT2D eigenvalue weighted by atomic mass is 10.2. The van der Waals surface area contributed by atoms with Crippen molar-refractivity contribution in [2.75, 3.05) is 33.9 Å². The van der Waals surface area contributed by atoms with E-state index in [0.717, 1.165) is 25.5 Å². The minimum atomic E-state index is 0.673. The molecular weight excluding hydrogens is 250 g/mol. The number of guanidine groups is 1. The molecule has 0 saturated heterocycles. The molecule has 4 nitrogen and oxygen atoms in total. The minimum absolute atomic E-state index is 0.673. The zero-order valence-corrected chi connectivity index (χ0v) is 12.5. The van der Waals surface area contributed by atoms with Crippen LogP contribution in [0.25, 0.3) is 0 Å². The minimum Gasteiger partial charge on any atom is -0.379 e. The Labute approximate surface area is 122 Å². The molecule has 0 radical (unpaired) electrons. The summed E-state index contributed by atoms with van der Waals surface area (Å²) in [6.07, 6.45) is 2.75. The fourth-order valence-electron chi connectivity index (χ4n) is 1.61. The Morgan fingerprint density at radius 3 is 2.70 bits per heavy atom. The van der Waals surface area contributed by atoms with Gasteiger partial charge in [-0.15, -0.1) is 6.58 Å². The molecule has 0 saturated carbocycles. The van der Waals surface area contributed by atoms with Gasteiger partial charge in [-0.05, 0) is 12.0 Å². The van der Waals surface area contributed by atoms with Gasteiger partial charge in [0.2, 0.25) is 0 Å². The number of nitrogens with zero attached hydrogens (tertiary/aromatic N) is 2. The summed E-state index contributed by atoms with van der Waals surface area (Å²) >= 11 is 0. The Morgan fingerprint density at radius 2 is 2.05 bits per heavy atom. The second kappa shape index (κ2) is 10.0. The highest BCUT2D eigenvalue weighted by Crippen LogP contribution is 2.00. The van der Waals surface area contributed by atoms with Crippen molar-refractivity contribution < 1.29 is 4.74 Å². The van der Waals surface area contributed by atoms with E-state index in [-0.39, 0.29) is 0 Å². The molecule has 0 amide bonds. The normalized spacial score (nSPS) is 11.2. The summed E-state index contributed by atoms with van der Waals surface area (Å²) in [5, 5.41) is 3.29. The van der Waals surface area contributed by atoms with E-state index in [2.05, 4.69) is 29.0 Å². The fraction of sp³-hybridized carbons (Fsp3) is 0.438. The molecule has 20 heavy (non-hydrogen) atoms. The molecule has 1 aromatic rings. The Kier molecular flexibility index (Phi) is 8.15. The SMILES string of the molecule is C=CCCOCCNC(=NCc1ccccc1)N(C)C. The largest absolute Gasteiger partial charge is 0.379 e. The van der Waals surface area contributed by atoms with E-state index in [9.17, 15) is 0 Å². The van der Waals surface area contributed by atoms with Crippen LogP contribution in [0.3, 0.4) is 0 Å². The van der Waals surface area contributed by atoms with Crippen molar-refractivity contribution in [3.63, 3.8) is 0 Å². The maximum absolute atomic E-state index is 5.46. The van der Waals surface area contributed by atoms with Gasteiger partial charge in [-0.1, -0.05) is 36.4 Å². The molecule has 0 atom stereocenters. The van der Waals surface area contributed by atoms with Crippen LogP contribution in [0.4, 0.5) is 0 Å². The zero-order valence-electron chi connectivity index (χ0n) is 12.5. The first-order valence-electron chi connectivity index (χ1n) is 6.92. The lowest BCUT2D eigenvalue weighted by molar-refractivity contribution is 0.143. The second-order valence-electron chi connectivity index (χ2n) is 4.64. The van der Waals surface area contributed by atoms with Crippen LogP contribution in [-0.2, 0) is 11.3 Å². The lowest BCUT2D eigenvalue weighted by Crippen LogP contribution is -2.38. The first-order chi connectivity index (χ1) is 9.74. The molecule has 0 unspecified atom stereocenters. The molecule has 0 bridgehead atoms. The van der Waals surface area contributed by atoms with Gasteiger partial charge >= 0.3 is 0 Å². The Morgan fingerprint density at radius 1 is 1.30 bits per heavy atom. The number of benzene rings is 1. The maximum Gasteiger partial charge on any atom is 0.193 e. The molecule has 1 aromatic carbocycles. The molecule has 0 aliphatic carbocycles. The molecule has 1 rings (SSSR count). The van der Waals surface area contributed by atoms with Crippen LogP contribution in [0, 0.1) is 0 Å². The molecule has 0 aliphatic rings. The quantitative estimate of drug-likeness (QED) is 0.342. The van der Waals surface area contributed by atoms with Gasteiger partial charge in [0.25, 0.3) is 0 Å². The first kappa shape index (κ1) is 16.2. The van der Waals surface area contributed by atoms with Gasteiger partial charge in [0.05, 0.1) is 19.8 Å². The number of aliphatic imine (C=N–C) groups is 1. The maximum atomic E-state index is 5.46. The highest BCUT2D eigenvalue weighted by atomic mass is 16.5. The summed E-state index contributed by atoms with van der Waals surface area (Å²) in [5.41, 5.74) is 1.20. The molecular formula is C16H25N3O. The standard InChI is InChI=1S/C16H25N3O/c1-4-5-12-20-13-11-17-16(19(2)3)18-14-15-9-7-6-8-10-15/h4,6-10H,1,5,11-14H2,2-3H3,(H,17,18). The van der Waals surface area contributed by atoms with Gasteiger partial charge in [0.1, 0.15) is 0 Å². The van der Waals surface area contributed by atoms with Crippen LogP contribution in [-0.4, -0.2) is 44.7 Å². The van der Waals surface area contributed by atoms with E-state index in [1.807, 2.05) is 43.3 Å². The molecule has 0 aromatic heterocycles. The summed E-state index contributed by atoms with van der Waals surface area (Å²) in [6.45, 7) is 6.49. The van der Waals surface area contributed by atoms with E-state index in [4.69, 9.17) is 4.74 Å². The van der Waals surface area contributed by atoms with Crippen molar-refractivity contribution in [1.29, 1.82) is 0 Å². The van der Waals surface area contributed by atoms with Gasteiger partial charge in [0, 0.05) is 20.6 Å². The van der Waals surface area contributed by atoms with Gasteiger partial charge < -0.3 is 15.0 Å². The Hall–Kier alpha value is -1.81. The summed E-state index contributed by atoms with van der Waals surface area (Å²) in [6, 6.07) is 10.2. The van der Waals surface area contributed by atoms with Crippen LogP contribution in [0.15, 0.2) is 48.0 Å². The van der Waals surface area contributed by atoms with E-state index >= 15 is 0 Å². The Balaban J connectivity index is 2.34. The summed E-state index contributed by atoms with van der Waals surface area (Å²) < 4.78 is 5.46. The molecule has 0 heterocycles. The van der Waals surface area contributed by atoms with Crippen LogP contribution in [0.5, 0.6) is 0 Å². The zero-order chi connectivity index (χ0) is 14.6. The van der Waals surface area contributed by atoms with Crippen molar-refractivity contribution in [2.24, 2.45) is 4.99 Å². The topological polar surface area (TPSA) is 36.9 Å². The first-order valence-corrected chi connectivity index (χ1v) is 6.92. The van der Waals surface area contributed by atoms with Crippen LogP contribution in [0.1, 0.15) is 12.0 Å². The Bertz CT molecular complexity index is 401. The van der Waals surface area contributed by atoms with E-state index in [1.54, 1.807) is 0 Å². The highest BCUT2D eigenvalue weighted by Gasteiger charge is 2.00. The van der Waals surface area contributed by atoms with E-state index in [0.29, 0.717) is 13.2 Å². The van der Waals surface area contributed by atoms with Gasteiger partial charge in [-0.25, -0.2) is 4.99 Å². The van der Waals surface area contributed by atoms with Crippen LogP contribution in [0.2, 0.25) is 0 Å². The van der Waals surface area contributed by atoms with E-state index < -0.39 is 0 Å². The number of ether oxygens (including phenoxy) is 1. The predicted octanol–water partition coefficient (Wildman–Crippen LogP) is 2.29. The van der Waals surface area contributed by atoms with Crippen molar-refractivity contribution in [3.8, 4) is 0 Å². The van der Waals surface area contributed by atoms with Crippen molar-refractivity contribution in [3.05, 3.63) is 48.6 Å². The monoisotopic (exact) mass is 275 g/mol. The summed E-state index contributed by atoms with van der Waals surface area (Å²) in [7, 11) is 3.96. The van der Waals surface area contributed by atoms with Crippen molar-refractivity contribution >= 4 is 5.96 Å². The van der Waals surface area contributed by atoms with Crippen molar-refractivity contribution in [1.82, 2.24) is 10.2 Å². The fourth-order valence-corrected chi connectivity index (χ4v) is 1.61. The summed E-state index contributed by atoms with van der Waals surface area (Å²) in [4.78, 5) is 6.57. The van der Waals surface area contributed by atoms with Gasteiger partial charge in [0.15, 0.2) is 5.96 Å². The molecule has 0 fully saturated rings.